The minimum Gasteiger partial charge on any atom is -0.433 e. The van der Waals surface area contributed by atoms with Crippen molar-refractivity contribution in [1.82, 2.24) is 0 Å². The Hall–Kier alpha value is -1.90. The lowest BCUT2D eigenvalue weighted by atomic mass is 10.2. The molecule has 0 heterocycles. The Morgan fingerprint density at radius 3 is 2.57 bits per heavy atom. The van der Waals surface area contributed by atoms with Crippen LogP contribution in [0.15, 0.2) is 12.1 Å². The van der Waals surface area contributed by atoms with E-state index in [1.54, 1.807) is 0 Å². The van der Waals surface area contributed by atoms with E-state index in [4.69, 9.17) is 11.0 Å². The van der Waals surface area contributed by atoms with Gasteiger partial charge in [-0.15, -0.1) is 0 Å². The number of nitrogen functional groups attached to an aromatic ring is 1. The molecule has 0 aliphatic carbocycles. The van der Waals surface area contributed by atoms with Crippen LogP contribution in [0.3, 0.4) is 0 Å². The molecule has 6 heteroatoms. The van der Waals surface area contributed by atoms with Crippen molar-refractivity contribution in [2.45, 2.75) is 6.61 Å². The highest BCUT2D eigenvalue weighted by Gasteiger charge is 2.12. The van der Waals surface area contributed by atoms with Crippen LogP contribution in [-0.2, 0) is 0 Å². The highest BCUT2D eigenvalue weighted by atomic mass is 19.3. The van der Waals surface area contributed by atoms with Gasteiger partial charge in [0.25, 0.3) is 0 Å². The summed E-state index contributed by atoms with van der Waals surface area (Å²) in [6, 6.07) is 3.07. The summed E-state index contributed by atoms with van der Waals surface area (Å²) < 4.78 is 40.4. The van der Waals surface area contributed by atoms with Crippen LogP contribution < -0.4 is 10.5 Å². The van der Waals surface area contributed by atoms with Crippen LogP contribution in [0.1, 0.15) is 5.56 Å². The summed E-state index contributed by atoms with van der Waals surface area (Å²) in [4.78, 5) is 0. The third kappa shape index (κ3) is 2.07. The minimum atomic E-state index is -3.06. The van der Waals surface area contributed by atoms with E-state index in [0.29, 0.717) is 0 Å². The maximum Gasteiger partial charge on any atom is 0.387 e. The molecule has 1 aromatic rings. The van der Waals surface area contributed by atoms with E-state index in [1.165, 1.54) is 6.07 Å². The fourth-order valence-electron chi connectivity index (χ4n) is 0.852. The van der Waals surface area contributed by atoms with Crippen molar-refractivity contribution < 1.29 is 17.9 Å². The number of alkyl halides is 2. The van der Waals surface area contributed by atoms with E-state index in [-0.39, 0.29) is 5.69 Å². The fourth-order valence-corrected chi connectivity index (χ4v) is 0.852. The normalized spacial score (nSPS) is 9.93. The maximum absolute atomic E-state index is 12.8. The van der Waals surface area contributed by atoms with E-state index in [0.717, 1.165) is 12.1 Å². The Labute approximate surface area is 77.5 Å². The molecule has 0 atom stereocenters. The van der Waals surface area contributed by atoms with E-state index < -0.39 is 23.7 Å². The molecule has 0 fully saturated rings. The topological polar surface area (TPSA) is 59.0 Å². The lowest BCUT2D eigenvalue weighted by Gasteiger charge is -2.07. The SMILES string of the molecule is N#Cc1cc(OC(F)F)c(N)cc1F. The number of hydrogen-bond acceptors (Lipinski definition) is 3. The molecule has 0 aliphatic heterocycles. The van der Waals surface area contributed by atoms with Gasteiger partial charge in [-0.3, -0.25) is 0 Å². The Morgan fingerprint density at radius 2 is 2.07 bits per heavy atom. The van der Waals surface area contributed by atoms with Gasteiger partial charge in [0, 0.05) is 12.1 Å². The molecule has 0 unspecified atom stereocenters. The van der Waals surface area contributed by atoms with Crippen LogP contribution in [0.5, 0.6) is 5.75 Å². The van der Waals surface area contributed by atoms with E-state index in [1.807, 2.05) is 0 Å². The molecule has 74 valence electrons. The van der Waals surface area contributed by atoms with Gasteiger partial charge in [-0.05, 0) is 0 Å². The van der Waals surface area contributed by atoms with Crippen molar-refractivity contribution in [3.8, 4) is 11.8 Å². The van der Waals surface area contributed by atoms with Crippen molar-refractivity contribution in [2.75, 3.05) is 5.73 Å². The molecular formula is C8H5F3N2O. The lowest BCUT2D eigenvalue weighted by Crippen LogP contribution is -2.05. The molecule has 0 spiro atoms. The average Bonchev–Trinajstić information content (AvgIpc) is 2.09. The van der Waals surface area contributed by atoms with Crippen LogP contribution in [0.25, 0.3) is 0 Å². The van der Waals surface area contributed by atoms with Crippen molar-refractivity contribution >= 4 is 5.69 Å². The average molecular weight is 202 g/mol. The molecule has 0 aromatic heterocycles. The molecular weight excluding hydrogens is 197 g/mol. The second-order valence-electron chi connectivity index (χ2n) is 2.36. The first-order valence-corrected chi connectivity index (χ1v) is 3.48. The van der Waals surface area contributed by atoms with Crippen LogP contribution in [0.4, 0.5) is 18.9 Å². The molecule has 0 saturated carbocycles. The Kier molecular flexibility index (Phi) is 2.82. The van der Waals surface area contributed by atoms with Crippen LogP contribution in [-0.4, -0.2) is 6.61 Å². The van der Waals surface area contributed by atoms with E-state index >= 15 is 0 Å². The summed E-state index contributed by atoms with van der Waals surface area (Å²) in [5.74, 6) is -1.27. The first kappa shape index (κ1) is 10.2. The number of ether oxygens (including phenoxy) is 1. The molecule has 0 amide bonds. The number of benzene rings is 1. The van der Waals surface area contributed by atoms with Gasteiger partial charge >= 0.3 is 6.61 Å². The molecule has 0 aliphatic rings. The molecule has 0 saturated heterocycles. The van der Waals surface area contributed by atoms with Crippen molar-refractivity contribution in [1.29, 1.82) is 5.26 Å². The quantitative estimate of drug-likeness (QED) is 0.745. The first-order chi connectivity index (χ1) is 6.54. The third-order valence-corrected chi connectivity index (χ3v) is 1.44. The molecule has 3 nitrogen and oxygen atoms in total. The summed E-state index contributed by atoms with van der Waals surface area (Å²) in [5.41, 5.74) is 4.52. The molecule has 0 radical (unpaired) electrons. The summed E-state index contributed by atoms with van der Waals surface area (Å²) in [5, 5.41) is 8.39. The molecule has 2 N–H and O–H groups in total. The number of rotatable bonds is 2. The second-order valence-corrected chi connectivity index (χ2v) is 2.36. The Morgan fingerprint density at radius 1 is 1.43 bits per heavy atom. The summed E-state index contributed by atoms with van der Waals surface area (Å²) >= 11 is 0. The van der Waals surface area contributed by atoms with Crippen molar-refractivity contribution in [2.24, 2.45) is 0 Å². The largest absolute Gasteiger partial charge is 0.433 e. The zero-order chi connectivity index (χ0) is 10.7. The third-order valence-electron chi connectivity index (χ3n) is 1.44. The van der Waals surface area contributed by atoms with Gasteiger partial charge in [-0.25, -0.2) is 4.39 Å². The lowest BCUT2D eigenvalue weighted by molar-refractivity contribution is -0.0493. The monoisotopic (exact) mass is 202 g/mol. The van der Waals surface area contributed by atoms with Gasteiger partial charge in [0.05, 0.1) is 11.3 Å². The number of nitriles is 1. The van der Waals surface area contributed by atoms with Crippen LogP contribution in [0.2, 0.25) is 0 Å². The number of halogens is 3. The summed E-state index contributed by atoms with van der Waals surface area (Å²) in [6.45, 7) is -3.06. The fraction of sp³-hybridized carbons (Fsp3) is 0.125. The number of anilines is 1. The van der Waals surface area contributed by atoms with Gasteiger partial charge < -0.3 is 10.5 Å². The highest BCUT2D eigenvalue weighted by molar-refractivity contribution is 5.56. The van der Waals surface area contributed by atoms with E-state index in [2.05, 4.69) is 4.74 Å². The Balaban J connectivity index is 3.12. The van der Waals surface area contributed by atoms with Gasteiger partial charge in [0.1, 0.15) is 11.9 Å². The smallest absolute Gasteiger partial charge is 0.387 e. The molecule has 14 heavy (non-hydrogen) atoms. The maximum atomic E-state index is 12.8. The molecule has 1 rings (SSSR count). The van der Waals surface area contributed by atoms with E-state index in [9.17, 15) is 13.2 Å². The minimum absolute atomic E-state index is 0.276. The summed E-state index contributed by atoms with van der Waals surface area (Å²) in [7, 11) is 0. The van der Waals surface area contributed by atoms with Gasteiger partial charge in [-0.2, -0.15) is 14.0 Å². The predicted octanol–water partition coefficient (Wildman–Crippen LogP) is 1.88. The highest BCUT2D eigenvalue weighted by Crippen LogP contribution is 2.26. The van der Waals surface area contributed by atoms with Crippen molar-refractivity contribution in [3.05, 3.63) is 23.5 Å². The van der Waals surface area contributed by atoms with Gasteiger partial charge in [0.15, 0.2) is 5.75 Å². The van der Waals surface area contributed by atoms with Crippen LogP contribution >= 0.6 is 0 Å². The van der Waals surface area contributed by atoms with Crippen LogP contribution in [0, 0.1) is 17.1 Å². The van der Waals surface area contributed by atoms with Gasteiger partial charge in [-0.1, -0.05) is 0 Å². The second kappa shape index (κ2) is 3.87. The first-order valence-electron chi connectivity index (χ1n) is 3.48. The zero-order valence-corrected chi connectivity index (χ0v) is 6.80. The summed E-state index contributed by atoms with van der Waals surface area (Å²) in [6.07, 6.45) is 0. The number of nitrogens with two attached hydrogens (primary N) is 1. The predicted molar refractivity (Wildman–Crippen MR) is 42.2 cm³/mol. The standard InChI is InChI=1S/C8H5F3N2O/c9-5-2-6(13)7(14-8(10)11)1-4(5)3-12/h1-2,8H,13H2. The molecule has 1 aromatic carbocycles. The number of hydrogen-bond donors (Lipinski definition) is 1. The van der Waals surface area contributed by atoms with Crippen molar-refractivity contribution in [3.63, 3.8) is 0 Å². The zero-order valence-electron chi connectivity index (χ0n) is 6.80. The number of nitrogens with zero attached hydrogens (tertiary/aromatic N) is 1. The van der Waals surface area contributed by atoms with Gasteiger partial charge in [0.2, 0.25) is 0 Å². The molecule has 0 bridgehead atoms. The Bertz CT molecular complexity index is 387.